The second-order valence-electron chi connectivity index (χ2n) is 6.24. The highest BCUT2D eigenvalue weighted by Gasteiger charge is 2.07. The first-order valence-corrected chi connectivity index (χ1v) is 8.81. The SMILES string of the molecule is COc1ccc(CNC(=O)c2ccc(NCc3ccccc3C)cn2)cc1. The van der Waals surface area contributed by atoms with Crippen molar-refractivity contribution in [2.24, 2.45) is 0 Å². The fraction of sp³-hybridized carbons (Fsp3) is 0.182. The minimum absolute atomic E-state index is 0.198. The first-order valence-electron chi connectivity index (χ1n) is 8.81. The molecule has 1 amide bonds. The number of methoxy groups -OCH3 is 1. The van der Waals surface area contributed by atoms with Crippen LogP contribution in [0.3, 0.4) is 0 Å². The Labute approximate surface area is 159 Å². The molecule has 0 spiro atoms. The van der Waals surface area contributed by atoms with Gasteiger partial charge in [-0.1, -0.05) is 36.4 Å². The molecule has 0 saturated carbocycles. The van der Waals surface area contributed by atoms with E-state index in [4.69, 9.17) is 4.74 Å². The van der Waals surface area contributed by atoms with Crippen LogP contribution in [0.2, 0.25) is 0 Å². The fourth-order valence-electron chi connectivity index (χ4n) is 2.65. The molecule has 0 aliphatic rings. The molecule has 3 aromatic rings. The van der Waals surface area contributed by atoms with E-state index < -0.39 is 0 Å². The normalized spacial score (nSPS) is 10.3. The Morgan fingerprint density at radius 1 is 1.00 bits per heavy atom. The van der Waals surface area contributed by atoms with E-state index in [-0.39, 0.29) is 5.91 Å². The second-order valence-corrected chi connectivity index (χ2v) is 6.24. The number of anilines is 1. The van der Waals surface area contributed by atoms with Gasteiger partial charge in [-0.25, -0.2) is 4.98 Å². The largest absolute Gasteiger partial charge is 0.497 e. The first-order chi connectivity index (χ1) is 13.2. The highest BCUT2D eigenvalue weighted by atomic mass is 16.5. The summed E-state index contributed by atoms with van der Waals surface area (Å²) in [6.07, 6.45) is 1.68. The van der Waals surface area contributed by atoms with Crippen LogP contribution < -0.4 is 15.4 Å². The van der Waals surface area contributed by atoms with E-state index in [1.165, 1.54) is 11.1 Å². The maximum atomic E-state index is 12.3. The summed E-state index contributed by atoms with van der Waals surface area (Å²) in [5.74, 6) is 0.594. The van der Waals surface area contributed by atoms with Crippen LogP contribution in [0.4, 0.5) is 5.69 Å². The lowest BCUT2D eigenvalue weighted by atomic mass is 10.1. The number of hydrogen-bond donors (Lipinski definition) is 2. The molecule has 138 valence electrons. The lowest BCUT2D eigenvalue weighted by Gasteiger charge is -2.09. The zero-order chi connectivity index (χ0) is 19.1. The third-order valence-corrected chi connectivity index (χ3v) is 4.35. The summed E-state index contributed by atoms with van der Waals surface area (Å²) in [6.45, 7) is 3.25. The second kappa shape index (κ2) is 8.85. The molecule has 3 rings (SSSR count). The number of amides is 1. The van der Waals surface area contributed by atoms with E-state index in [2.05, 4.69) is 34.7 Å². The van der Waals surface area contributed by atoms with Gasteiger partial charge in [-0.15, -0.1) is 0 Å². The van der Waals surface area contributed by atoms with Gasteiger partial charge >= 0.3 is 0 Å². The van der Waals surface area contributed by atoms with Gasteiger partial charge in [-0.2, -0.15) is 0 Å². The molecule has 0 atom stereocenters. The summed E-state index contributed by atoms with van der Waals surface area (Å²) >= 11 is 0. The summed E-state index contributed by atoms with van der Waals surface area (Å²) in [5, 5.41) is 6.21. The van der Waals surface area contributed by atoms with Crippen LogP contribution in [0.5, 0.6) is 5.75 Å². The van der Waals surface area contributed by atoms with Crippen molar-refractivity contribution in [3.05, 3.63) is 89.2 Å². The molecule has 0 radical (unpaired) electrons. The molecule has 2 N–H and O–H groups in total. The van der Waals surface area contributed by atoms with Crippen LogP contribution >= 0.6 is 0 Å². The molecule has 27 heavy (non-hydrogen) atoms. The highest BCUT2D eigenvalue weighted by molar-refractivity contribution is 5.92. The number of pyridine rings is 1. The Hall–Kier alpha value is -3.34. The van der Waals surface area contributed by atoms with Gasteiger partial charge in [0.15, 0.2) is 0 Å². The van der Waals surface area contributed by atoms with Crippen LogP contribution in [-0.2, 0) is 13.1 Å². The summed E-state index contributed by atoms with van der Waals surface area (Å²) in [7, 11) is 1.63. The lowest BCUT2D eigenvalue weighted by molar-refractivity contribution is 0.0946. The van der Waals surface area contributed by atoms with E-state index in [9.17, 15) is 4.79 Å². The third kappa shape index (κ3) is 5.07. The van der Waals surface area contributed by atoms with E-state index in [0.29, 0.717) is 12.2 Å². The number of aromatic nitrogens is 1. The van der Waals surface area contributed by atoms with Crippen molar-refractivity contribution < 1.29 is 9.53 Å². The maximum Gasteiger partial charge on any atom is 0.270 e. The predicted molar refractivity (Wildman–Crippen MR) is 107 cm³/mol. The number of carbonyl (C=O) groups is 1. The zero-order valence-electron chi connectivity index (χ0n) is 15.5. The van der Waals surface area contributed by atoms with Crippen molar-refractivity contribution in [1.82, 2.24) is 10.3 Å². The average Bonchev–Trinajstić information content (AvgIpc) is 2.72. The first kappa shape index (κ1) is 18.5. The van der Waals surface area contributed by atoms with Gasteiger partial charge in [0.25, 0.3) is 5.91 Å². The smallest absolute Gasteiger partial charge is 0.270 e. The minimum atomic E-state index is -0.198. The van der Waals surface area contributed by atoms with Gasteiger partial charge in [0.2, 0.25) is 0 Å². The average molecular weight is 361 g/mol. The Morgan fingerprint density at radius 2 is 1.78 bits per heavy atom. The maximum absolute atomic E-state index is 12.3. The molecule has 2 aromatic carbocycles. The Morgan fingerprint density at radius 3 is 2.44 bits per heavy atom. The van der Waals surface area contributed by atoms with E-state index >= 15 is 0 Å². The third-order valence-electron chi connectivity index (χ3n) is 4.35. The summed E-state index contributed by atoms with van der Waals surface area (Å²) in [5.41, 5.74) is 4.75. The van der Waals surface area contributed by atoms with Gasteiger partial charge in [0.05, 0.1) is 19.0 Å². The van der Waals surface area contributed by atoms with E-state index in [1.54, 1.807) is 19.4 Å². The summed E-state index contributed by atoms with van der Waals surface area (Å²) in [4.78, 5) is 16.5. The van der Waals surface area contributed by atoms with Crippen LogP contribution in [0, 0.1) is 6.92 Å². The molecule has 0 saturated heterocycles. The number of ether oxygens (including phenoxy) is 1. The Balaban J connectivity index is 1.52. The van der Waals surface area contributed by atoms with Gasteiger partial charge in [-0.3, -0.25) is 4.79 Å². The Kier molecular flexibility index (Phi) is 6.05. The molecule has 0 bridgehead atoms. The van der Waals surface area contributed by atoms with Crippen LogP contribution in [0.25, 0.3) is 0 Å². The van der Waals surface area contributed by atoms with Gasteiger partial charge in [-0.05, 0) is 47.9 Å². The van der Waals surface area contributed by atoms with Crippen molar-refractivity contribution in [2.45, 2.75) is 20.0 Å². The summed E-state index contributed by atoms with van der Waals surface area (Å²) in [6, 6.07) is 19.4. The number of rotatable bonds is 7. The highest BCUT2D eigenvalue weighted by Crippen LogP contribution is 2.13. The van der Waals surface area contributed by atoms with Gasteiger partial charge in [0.1, 0.15) is 11.4 Å². The van der Waals surface area contributed by atoms with Crippen LogP contribution in [0.1, 0.15) is 27.2 Å². The number of carbonyl (C=O) groups excluding carboxylic acids is 1. The quantitative estimate of drug-likeness (QED) is 0.669. The molecule has 5 heteroatoms. The molecular weight excluding hydrogens is 338 g/mol. The van der Waals surface area contributed by atoms with Crippen molar-refractivity contribution in [3.8, 4) is 5.75 Å². The molecule has 5 nitrogen and oxygen atoms in total. The predicted octanol–water partition coefficient (Wildman–Crippen LogP) is 3.94. The zero-order valence-corrected chi connectivity index (χ0v) is 15.5. The molecule has 0 unspecified atom stereocenters. The number of benzene rings is 2. The summed E-state index contributed by atoms with van der Waals surface area (Å²) < 4.78 is 5.13. The number of hydrogen-bond acceptors (Lipinski definition) is 4. The fourth-order valence-corrected chi connectivity index (χ4v) is 2.65. The molecule has 1 aromatic heterocycles. The molecule has 0 fully saturated rings. The van der Waals surface area contributed by atoms with Gasteiger partial charge < -0.3 is 15.4 Å². The van der Waals surface area contributed by atoms with Crippen molar-refractivity contribution >= 4 is 11.6 Å². The van der Waals surface area contributed by atoms with Crippen molar-refractivity contribution in [2.75, 3.05) is 12.4 Å². The molecule has 0 aliphatic heterocycles. The number of aryl methyl sites for hydroxylation is 1. The van der Waals surface area contributed by atoms with E-state index in [0.717, 1.165) is 23.5 Å². The number of nitrogens with one attached hydrogen (secondary N) is 2. The van der Waals surface area contributed by atoms with Crippen molar-refractivity contribution in [3.63, 3.8) is 0 Å². The molecular formula is C22H23N3O2. The topological polar surface area (TPSA) is 63.2 Å². The molecule has 1 heterocycles. The Bertz CT molecular complexity index is 890. The number of nitrogens with zero attached hydrogens (tertiary/aromatic N) is 1. The van der Waals surface area contributed by atoms with Crippen LogP contribution in [-0.4, -0.2) is 18.0 Å². The van der Waals surface area contributed by atoms with Crippen LogP contribution in [0.15, 0.2) is 66.9 Å². The van der Waals surface area contributed by atoms with E-state index in [1.807, 2.05) is 42.5 Å². The van der Waals surface area contributed by atoms with Crippen molar-refractivity contribution in [1.29, 1.82) is 0 Å². The van der Waals surface area contributed by atoms with Gasteiger partial charge in [0, 0.05) is 13.1 Å². The standard InChI is InChI=1S/C22H23N3O2/c1-16-5-3-4-6-18(16)14-23-19-9-12-21(24-15-19)22(26)25-13-17-7-10-20(27-2)11-8-17/h3-12,15,23H,13-14H2,1-2H3,(H,25,26). The lowest BCUT2D eigenvalue weighted by Crippen LogP contribution is -2.23. The minimum Gasteiger partial charge on any atom is -0.497 e. The molecule has 0 aliphatic carbocycles. The monoisotopic (exact) mass is 361 g/mol.